The largest absolute Gasteiger partial charge is 0.383 e. The zero-order chi connectivity index (χ0) is 11.9. The van der Waals surface area contributed by atoms with Gasteiger partial charge in [-0.05, 0) is 13.8 Å². The van der Waals surface area contributed by atoms with E-state index >= 15 is 0 Å². The second-order valence-electron chi connectivity index (χ2n) is 3.72. The Morgan fingerprint density at radius 2 is 1.94 bits per heavy atom. The van der Waals surface area contributed by atoms with E-state index in [0.717, 1.165) is 5.69 Å². The average Bonchev–Trinajstić information content (AvgIpc) is 2.51. The van der Waals surface area contributed by atoms with Crippen LogP contribution in [0.5, 0.6) is 0 Å². The molecule has 0 amide bonds. The van der Waals surface area contributed by atoms with Crippen LogP contribution in [0.1, 0.15) is 11.4 Å². The maximum atomic E-state index is 11.6. The standard InChI is InChI=1S/C10H13N5O/c1-6-5-9(16)14(3)10(12-6)15-8(11)4-7(2)13-15/h4-5H,11H2,1-3H3. The fourth-order valence-electron chi connectivity index (χ4n) is 1.51. The van der Waals surface area contributed by atoms with Crippen molar-refractivity contribution in [3.63, 3.8) is 0 Å². The number of hydrogen-bond acceptors (Lipinski definition) is 4. The van der Waals surface area contributed by atoms with Crippen LogP contribution in [-0.4, -0.2) is 19.3 Å². The van der Waals surface area contributed by atoms with Crippen LogP contribution >= 0.6 is 0 Å². The number of aryl methyl sites for hydroxylation is 2. The summed E-state index contributed by atoms with van der Waals surface area (Å²) in [6.07, 6.45) is 0. The highest BCUT2D eigenvalue weighted by Crippen LogP contribution is 2.10. The normalized spacial score (nSPS) is 10.7. The molecule has 2 heterocycles. The highest BCUT2D eigenvalue weighted by atomic mass is 16.1. The van der Waals surface area contributed by atoms with Crippen LogP contribution in [0, 0.1) is 13.8 Å². The fraction of sp³-hybridized carbons (Fsp3) is 0.300. The molecular formula is C10H13N5O. The van der Waals surface area contributed by atoms with E-state index in [1.165, 1.54) is 15.3 Å². The lowest BCUT2D eigenvalue weighted by Gasteiger charge is -2.08. The lowest BCUT2D eigenvalue weighted by molar-refractivity contribution is 0.700. The zero-order valence-electron chi connectivity index (χ0n) is 9.43. The molecule has 0 spiro atoms. The van der Waals surface area contributed by atoms with Crippen molar-refractivity contribution in [1.82, 2.24) is 19.3 Å². The van der Waals surface area contributed by atoms with Crippen molar-refractivity contribution in [2.45, 2.75) is 13.8 Å². The van der Waals surface area contributed by atoms with Gasteiger partial charge in [0.2, 0.25) is 5.95 Å². The molecule has 0 aromatic carbocycles. The summed E-state index contributed by atoms with van der Waals surface area (Å²) in [6.45, 7) is 3.60. The average molecular weight is 219 g/mol. The SMILES string of the molecule is Cc1cc(=O)n(C)c(-n2nc(C)cc2N)n1. The summed E-state index contributed by atoms with van der Waals surface area (Å²) in [6, 6.07) is 3.20. The first-order valence-electron chi connectivity index (χ1n) is 4.86. The number of nitrogens with zero attached hydrogens (tertiary/aromatic N) is 4. The van der Waals surface area contributed by atoms with Crippen LogP contribution in [0.3, 0.4) is 0 Å². The minimum atomic E-state index is -0.130. The molecule has 0 saturated carbocycles. The molecule has 6 heteroatoms. The van der Waals surface area contributed by atoms with Gasteiger partial charge in [0.15, 0.2) is 0 Å². The molecule has 2 aromatic heterocycles. The number of nitrogen functional groups attached to an aromatic ring is 1. The predicted molar refractivity (Wildman–Crippen MR) is 60.5 cm³/mol. The van der Waals surface area contributed by atoms with Crippen molar-refractivity contribution in [2.75, 3.05) is 5.73 Å². The van der Waals surface area contributed by atoms with E-state index in [-0.39, 0.29) is 5.56 Å². The molecule has 0 fully saturated rings. The molecule has 0 unspecified atom stereocenters. The van der Waals surface area contributed by atoms with Crippen molar-refractivity contribution in [3.05, 3.63) is 33.9 Å². The molecule has 0 aliphatic heterocycles. The lowest BCUT2D eigenvalue weighted by Crippen LogP contribution is -2.24. The Bertz CT molecular complexity index is 596. The maximum absolute atomic E-state index is 11.6. The summed E-state index contributed by atoms with van der Waals surface area (Å²) in [4.78, 5) is 15.9. The Balaban J connectivity index is 2.73. The molecule has 0 bridgehead atoms. The Labute approximate surface area is 92.3 Å². The van der Waals surface area contributed by atoms with E-state index < -0.39 is 0 Å². The second-order valence-corrected chi connectivity index (χ2v) is 3.72. The van der Waals surface area contributed by atoms with E-state index in [2.05, 4.69) is 10.1 Å². The van der Waals surface area contributed by atoms with E-state index in [1.54, 1.807) is 20.0 Å². The predicted octanol–water partition coefficient (Wildman–Crippen LogP) is 0.165. The Morgan fingerprint density at radius 1 is 1.25 bits per heavy atom. The van der Waals surface area contributed by atoms with Gasteiger partial charge in [-0.2, -0.15) is 9.78 Å². The summed E-state index contributed by atoms with van der Waals surface area (Å²) in [5.41, 5.74) is 7.09. The van der Waals surface area contributed by atoms with Crippen LogP contribution < -0.4 is 11.3 Å². The molecule has 16 heavy (non-hydrogen) atoms. The molecule has 0 aliphatic carbocycles. The fourth-order valence-corrected chi connectivity index (χ4v) is 1.51. The lowest BCUT2D eigenvalue weighted by atomic mass is 10.4. The van der Waals surface area contributed by atoms with Gasteiger partial charge in [0.25, 0.3) is 5.56 Å². The van der Waals surface area contributed by atoms with Crippen molar-refractivity contribution >= 4 is 5.82 Å². The molecule has 0 aliphatic rings. The van der Waals surface area contributed by atoms with Crippen molar-refractivity contribution in [1.29, 1.82) is 0 Å². The molecular weight excluding hydrogens is 206 g/mol. The summed E-state index contributed by atoms with van der Waals surface area (Å²) >= 11 is 0. The van der Waals surface area contributed by atoms with Gasteiger partial charge in [-0.1, -0.05) is 0 Å². The highest BCUT2D eigenvalue weighted by Gasteiger charge is 2.10. The zero-order valence-corrected chi connectivity index (χ0v) is 9.43. The molecule has 84 valence electrons. The van der Waals surface area contributed by atoms with Gasteiger partial charge in [0.1, 0.15) is 5.82 Å². The van der Waals surface area contributed by atoms with E-state index in [1.807, 2.05) is 6.92 Å². The van der Waals surface area contributed by atoms with Crippen LogP contribution in [-0.2, 0) is 7.05 Å². The first-order valence-corrected chi connectivity index (χ1v) is 4.86. The third-order valence-electron chi connectivity index (χ3n) is 2.29. The van der Waals surface area contributed by atoms with Gasteiger partial charge in [0, 0.05) is 24.9 Å². The van der Waals surface area contributed by atoms with Gasteiger partial charge in [-0.3, -0.25) is 9.36 Å². The minimum absolute atomic E-state index is 0.130. The number of hydrogen-bond donors (Lipinski definition) is 1. The van der Waals surface area contributed by atoms with Gasteiger partial charge in [-0.25, -0.2) is 4.98 Å². The van der Waals surface area contributed by atoms with Gasteiger partial charge in [0.05, 0.1) is 5.69 Å². The first kappa shape index (κ1) is 10.4. The smallest absolute Gasteiger partial charge is 0.254 e. The summed E-state index contributed by atoms with van der Waals surface area (Å²) in [5.74, 6) is 0.890. The van der Waals surface area contributed by atoms with E-state index in [4.69, 9.17) is 5.73 Å². The number of nitrogens with two attached hydrogens (primary N) is 1. The minimum Gasteiger partial charge on any atom is -0.383 e. The number of anilines is 1. The Kier molecular flexibility index (Phi) is 2.26. The number of rotatable bonds is 1. The summed E-state index contributed by atoms with van der Waals surface area (Å²) in [7, 11) is 1.64. The monoisotopic (exact) mass is 219 g/mol. The molecule has 6 nitrogen and oxygen atoms in total. The van der Waals surface area contributed by atoms with Crippen molar-refractivity contribution in [3.8, 4) is 5.95 Å². The summed E-state index contributed by atoms with van der Waals surface area (Å²) in [5, 5.41) is 4.19. The second kappa shape index (κ2) is 3.48. The molecule has 0 radical (unpaired) electrons. The Hall–Kier alpha value is -2.11. The third-order valence-corrected chi connectivity index (χ3v) is 2.29. The van der Waals surface area contributed by atoms with Crippen LogP contribution in [0.25, 0.3) is 5.95 Å². The highest BCUT2D eigenvalue weighted by molar-refractivity contribution is 5.36. The quantitative estimate of drug-likeness (QED) is 0.741. The van der Waals surface area contributed by atoms with Gasteiger partial charge < -0.3 is 5.73 Å². The first-order chi connectivity index (χ1) is 7.49. The molecule has 2 rings (SSSR count). The van der Waals surface area contributed by atoms with Crippen LogP contribution in [0.15, 0.2) is 16.9 Å². The maximum Gasteiger partial charge on any atom is 0.254 e. The molecule has 2 N–H and O–H groups in total. The number of aromatic nitrogens is 4. The van der Waals surface area contributed by atoms with Crippen molar-refractivity contribution in [2.24, 2.45) is 7.05 Å². The van der Waals surface area contributed by atoms with Crippen molar-refractivity contribution < 1.29 is 0 Å². The van der Waals surface area contributed by atoms with Crippen LogP contribution in [0.4, 0.5) is 5.82 Å². The molecule has 0 saturated heterocycles. The van der Waals surface area contributed by atoms with E-state index in [9.17, 15) is 4.79 Å². The van der Waals surface area contributed by atoms with Gasteiger partial charge >= 0.3 is 0 Å². The van der Waals surface area contributed by atoms with Gasteiger partial charge in [-0.15, -0.1) is 0 Å². The third kappa shape index (κ3) is 1.58. The Morgan fingerprint density at radius 3 is 2.50 bits per heavy atom. The molecule has 2 aromatic rings. The summed E-state index contributed by atoms with van der Waals surface area (Å²) < 4.78 is 2.87. The molecule has 0 atom stereocenters. The topological polar surface area (TPSA) is 78.7 Å². The van der Waals surface area contributed by atoms with Crippen LogP contribution in [0.2, 0.25) is 0 Å². The van der Waals surface area contributed by atoms with E-state index in [0.29, 0.717) is 17.5 Å².